The van der Waals surface area contributed by atoms with Gasteiger partial charge in [-0.1, -0.05) is 28.1 Å². The summed E-state index contributed by atoms with van der Waals surface area (Å²) in [6.07, 6.45) is 5.95. The Kier molecular flexibility index (Phi) is 7.86. The summed E-state index contributed by atoms with van der Waals surface area (Å²) in [4.78, 5) is 17.2. The molecule has 8 heteroatoms. The van der Waals surface area contributed by atoms with Gasteiger partial charge in [0.25, 0.3) is 5.91 Å². The molecule has 1 fully saturated rings. The molecule has 7 nitrogen and oxygen atoms in total. The third-order valence-electron chi connectivity index (χ3n) is 7.03. The maximum Gasteiger partial charge on any atom is 0.276 e. The first-order chi connectivity index (χ1) is 18.1. The Labute approximate surface area is 226 Å². The van der Waals surface area contributed by atoms with E-state index in [-0.39, 0.29) is 5.91 Å². The number of nitrogens with one attached hydrogen (secondary N) is 1. The summed E-state index contributed by atoms with van der Waals surface area (Å²) in [7, 11) is 0. The summed E-state index contributed by atoms with van der Waals surface area (Å²) in [5.74, 6) is -0.229. The quantitative estimate of drug-likeness (QED) is 0.358. The first-order valence-electron chi connectivity index (χ1n) is 12.9. The van der Waals surface area contributed by atoms with Gasteiger partial charge in [-0.15, -0.1) is 5.10 Å². The fourth-order valence-corrected chi connectivity index (χ4v) is 5.48. The first kappa shape index (κ1) is 25.4. The van der Waals surface area contributed by atoms with Gasteiger partial charge in [-0.3, -0.25) is 4.79 Å². The molecule has 0 radical (unpaired) electrons. The van der Waals surface area contributed by atoms with E-state index in [9.17, 15) is 4.79 Å². The van der Waals surface area contributed by atoms with Crippen LogP contribution in [-0.4, -0.2) is 62.1 Å². The zero-order valence-corrected chi connectivity index (χ0v) is 22.9. The summed E-state index contributed by atoms with van der Waals surface area (Å²) in [5.41, 5.74) is 7.97. The van der Waals surface area contributed by atoms with Gasteiger partial charge < -0.3 is 19.9 Å². The molecular weight excluding hydrogens is 530 g/mol. The number of hydrogen-bond donors (Lipinski definition) is 1. The Balaban J connectivity index is 1.44. The van der Waals surface area contributed by atoms with Gasteiger partial charge in [0.1, 0.15) is 0 Å². The van der Waals surface area contributed by atoms with Crippen LogP contribution >= 0.6 is 15.9 Å². The number of carbonyl (C=O) groups is 1. The van der Waals surface area contributed by atoms with Crippen molar-refractivity contribution in [2.24, 2.45) is 10.2 Å². The summed E-state index contributed by atoms with van der Waals surface area (Å²) < 4.78 is 6.51. The van der Waals surface area contributed by atoms with E-state index in [1.54, 1.807) is 0 Å². The highest BCUT2D eigenvalue weighted by atomic mass is 79.9. The van der Waals surface area contributed by atoms with Crippen molar-refractivity contribution in [2.75, 3.05) is 49.6 Å². The van der Waals surface area contributed by atoms with Crippen LogP contribution in [0.4, 0.5) is 11.4 Å². The highest BCUT2D eigenvalue weighted by Crippen LogP contribution is 2.35. The van der Waals surface area contributed by atoms with Gasteiger partial charge in [-0.2, -0.15) is 5.10 Å². The van der Waals surface area contributed by atoms with Gasteiger partial charge in [-0.05, 0) is 79.8 Å². The number of hydrogen-bond acceptors (Lipinski definition) is 6. The second-order valence-corrected chi connectivity index (χ2v) is 10.2. The highest BCUT2D eigenvalue weighted by Gasteiger charge is 2.27. The number of nitrogens with zero attached hydrogens (tertiary/aromatic N) is 4. The van der Waals surface area contributed by atoms with Crippen molar-refractivity contribution in [1.82, 2.24) is 4.90 Å². The molecule has 1 aliphatic carbocycles. The molecule has 0 atom stereocenters. The van der Waals surface area contributed by atoms with E-state index in [1.165, 1.54) is 22.5 Å². The molecule has 2 aromatic carbocycles. The third kappa shape index (κ3) is 5.55. The number of fused-ring (bicyclic) bond motifs is 1. The van der Waals surface area contributed by atoms with Crippen molar-refractivity contribution in [1.29, 1.82) is 0 Å². The second kappa shape index (κ2) is 11.4. The largest absolute Gasteiger partial charge is 0.378 e. The Morgan fingerprint density at radius 3 is 2.57 bits per heavy atom. The van der Waals surface area contributed by atoms with Crippen molar-refractivity contribution in [3.05, 3.63) is 74.9 Å². The van der Waals surface area contributed by atoms with Crippen LogP contribution < -0.4 is 10.2 Å². The molecule has 0 bridgehead atoms. The number of ether oxygens (including phenoxy) is 1. The molecular formula is C29H32BrN5O2. The number of carbonyl (C=O) groups excluding carboxylic acids is 1. The zero-order valence-electron chi connectivity index (χ0n) is 21.3. The minimum absolute atomic E-state index is 0.229. The van der Waals surface area contributed by atoms with Gasteiger partial charge in [0, 0.05) is 47.6 Å². The molecule has 1 saturated heterocycles. The molecule has 2 heterocycles. The molecule has 192 valence electrons. The Bertz CT molecular complexity index is 1290. The van der Waals surface area contributed by atoms with E-state index in [4.69, 9.17) is 4.74 Å². The van der Waals surface area contributed by atoms with Crippen LogP contribution in [0.3, 0.4) is 0 Å². The molecule has 1 amide bonds. The third-order valence-corrected chi connectivity index (χ3v) is 7.53. The smallest absolute Gasteiger partial charge is 0.276 e. The molecule has 0 spiro atoms. The van der Waals surface area contributed by atoms with Crippen molar-refractivity contribution < 1.29 is 9.53 Å². The van der Waals surface area contributed by atoms with Gasteiger partial charge in [-0.25, -0.2) is 0 Å². The minimum atomic E-state index is -0.229. The van der Waals surface area contributed by atoms with Crippen molar-refractivity contribution >= 4 is 51.2 Å². The maximum atomic E-state index is 12.5. The Morgan fingerprint density at radius 1 is 1.08 bits per heavy atom. The predicted molar refractivity (Wildman–Crippen MR) is 154 cm³/mol. The van der Waals surface area contributed by atoms with Crippen LogP contribution in [0.5, 0.6) is 0 Å². The minimum Gasteiger partial charge on any atom is -0.378 e. The van der Waals surface area contributed by atoms with E-state index in [0.717, 1.165) is 60.3 Å². The number of amides is 1. The highest BCUT2D eigenvalue weighted by molar-refractivity contribution is 9.10. The van der Waals surface area contributed by atoms with Gasteiger partial charge >= 0.3 is 0 Å². The van der Waals surface area contributed by atoms with Crippen molar-refractivity contribution in [2.45, 2.75) is 26.7 Å². The molecule has 3 aliphatic rings. The number of halogens is 1. The molecule has 0 saturated carbocycles. The summed E-state index contributed by atoms with van der Waals surface area (Å²) in [6.45, 7) is 9.49. The lowest BCUT2D eigenvalue weighted by molar-refractivity contribution is -0.110. The number of morpholine rings is 1. The van der Waals surface area contributed by atoms with E-state index in [2.05, 4.69) is 85.4 Å². The molecule has 0 unspecified atom stereocenters. The standard InChI is InChI=1S/C29H32BrN5O2/c1-3-34(4-2)24-10-5-20(6-11-24)17-21-7-8-22(28(21)35-13-15-37-16-14-35)19-31-33-27-25-18-23(30)9-12-26(25)32-29(27)36/h5-6,9-12,17-19H,3-4,7-8,13-16H2,1-2H3,(H,32,33,36)/b21-17-,31-19+. The lowest BCUT2D eigenvalue weighted by Gasteiger charge is -2.31. The van der Waals surface area contributed by atoms with Crippen LogP contribution in [0.1, 0.15) is 37.8 Å². The first-order valence-corrected chi connectivity index (χ1v) is 13.7. The fraction of sp³-hybridized carbons (Fsp3) is 0.345. The van der Waals surface area contributed by atoms with E-state index < -0.39 is 0 Å². The van der Waals surface area contributed by atoms with Gasteiger partial charge in [0.15, 0.2) is 5.71 Å². The topological polar surface area (TPSA) is 69.5 Å². The molecule has 37 heavy (non-hydrogen) atoms. The Hall–Kier alpha value is -3.23. The SMILES string of the molecule is CCN(CC)c1ccc(/C=C2/CCC(/C=N/N=C3/C(=O)Nc4ccc(Br)cc43)=C2N2CCOCC2)cc1. The molecule has 2 aromatic rings. The second-order valence-electron chi connectivity index (χ2n) is 9.24. The lowest BCUT2D eigenvalue weighted by atomic mass is 10.1. The van der Waals surface area contributed by atoms with Crippen LogP contribution in [0.25, 0.3) is 6.08 Å². The number of anilines is 2. The normalized spacial score (nSPS) is 19.9. The van der Waals surface area contributed by atoms with Gasteiger partial charge in [0.05, 0.1) is 25.1 Å². The molecule has 2 aliphatic heterocycles. The summed E-state index contributed by atoms with van der Waals surface area (Å²) in [6, 6.07) is 14.5. The maximum absolute atomic E-state index is 12.5. The van der Waals surface area contributed by atoms with E-state index in [1.807, 2.05) is 24.4 Å². The van der Waals surface area contributed by atoms with E-state index in [0.29, 0.717) is 18.9 Å². The van der Waals surface area contributed by atoms with Crippen LogP contribution in [0.2, 0.25) is 0 Å². The van der Waals surface area contributed by atoms with Crippen molar-refractivity contribution in [3.8, 4) is 0 Å². The zero-order chi connectivity index (χ0) is 25.8. The number of allylic oxidation sites excluding steroid dienone is 2. The number of rotatable bonds is 7. The monoisotopic (exact) mass is 561 g/mol. The lowest BCUT2D eigenvalue weighted by Crippen LogP contribution is -2.36. The summed E-state index contributed by atoms with van der Waals surface area (Å²) in [5, 5.41) is 11.6. The fourth-order valence-electron chi connectivity index (χ4n) is 5.12. The number of benzene rings is 2. The van der Waals surface area contributed by atoms with Gasteiger partial charge in [0.2, 0.25) is 0 Å². The van der Waals surface area contributed by atoms with E-state index >= 15 is 0 Å². The van der Waals surface area contributed by atoms with Crippen LogP contribution in [0, 0.1) is 0 Å². The molecule has 0 aromatic heterocycles. The van der Waals surface area contributed by atoms with Crippen LogP contribution in [0.15, 0.2) is 74.0 Å². The molecule has 1 N–H and O–H groups in total. The van der Waals surface area contributed by atoms with Crippen LogP contribution in [-0.2, 0) is 9.53 Å². The average Bonchev–Trinajstić information content (AvgIpc) is 3.46. The predicted octanol–water partition coefficient (Wildman–Crippen LogP) is 5.49. The van der Waals surface area contributed by atoms with Crippen molar-refractivity contribution in [3.63, 3.8) is 0 Å². The summed E-state index contributed by atoms with van der Waals surface area (Å²) >= 11 is 3.47. The Morgan fingerprint density at radius 2 is 1.84 bits per heavy atom. The molecule has 5 rings (SSSR count). The average molecular weight is 563 g/mol.